The summed E-state index contributed by atoms with van der Waals surface area (Å²) in [5.74, 6) is -1.21. The van der Waals surface area contributed by atoms with Crippen molar-refractivity contribution in [3.8, 4) is 0 Å². The first-order valence-electron chi connectivity index (χ1n) is 10.4. The predicted molar refractivity (Wildman–Crippen MR) is 114 cm³/mol. The van der Waals surface area contributed by atoms with Crippen molar-refractivity contribution in [1.82, 2.24) is 20.9 Å². The second kappa shape index (κ2) is 9.91. The summed E-state index contributed by atoms with van der Waals surface area (Å²) in [5.41, 5.74) is -0.0303. The van der Waals surface area contributed by atoms with E-state index in [4.69, 9.17) is 0 Å². The highest BCUT2D eigenvalue weighted by Crippen LogP contribution is 2.22. The summed E-state index contributed by atoms with van der Waals surface area (Å²) in [6, 6.07) is 4.29. The van der Waals surface area contributed by atoms with Crippen LogP contribution in [-0.4, -0.2) is 53.5 Å². The molecule has 4 amide bonds. The Morgan fingerprint density at radius 1 is 1.03 bits per heavy atom. The molecule has 7 nitrogen and oxygen atoms in total. The van der Waals surface area contributed by atoms with Crippen LogP contribution in [-0.2, 0) is 4.79 Å². The molecule has 1 atom stereocenters. The first-order valence-corrected chi connectivity index (χ1v) is 10.4. The Kier molecular flexibility index (Phi) is 7.81. The van der Waals surface area contributed by atoms with Gasteiger partial charge in [0.1, 0.15) is 11.9 Å². The van der Waals surface area contributed by atoms with E-state index in [2.05, 4.69) is 16.0 Å². The molecule has 166 valence electrons. The van der Waals surface area contributed by atoms with Gasteiger partial charge in [0.25, 0.3) is 5.91 Å². The third-order valence-electron chi connectivity index (χ3n) is 4.89. The van der Waals surface area contributed by atoms with Crippen LogP contribution in [0.3, 0.4) is 0 Å². The van der Waals surface area contributed by atoms with Crippen molar-refractivity contribution < 1.29 is 18.8 Å². The number of amides is 4. The Balaban J connectivity index is 2.06. The van der Waals surface area contributed by atoms with Crippen LogP contribution in [0.15, 0.2) is 24.3 Å². The van der Waals surface area contributed by atoms with Crippen LogP contribution >= 0.6 is 0 Å². The Morgan fingerprint density at radius 3 is 2.10 bits per heavy atom. The summed E-state index contributed by atoms with van der Waals surface area (Å²) < 4.78 is 13.1. The molecule has 1 aliphatic rings. The van der Waals surface area contributed by atoms with Gasteiger partial charge in [0.05, 0.1) is 0 Å². The van der Waals surface area contributed by atoms with Crippen molar-refractivity contribution in [2.24, 2.45) is 5.92 Å². The molecule has 1 unspecified atom stereocenters. The number of benzene rings is 1. The zero-order chi connectivity index (χ0) is 22.5. The van der Waals surface area contributed by atoms with Crippen molar-refractivity contribution in [2.75, 3.05) is 13.1 Å². The number of carbonyl (C=O) groups excluding carboxylic acids is 3. The van der Waals surface area contributed by atoms with Gasteiger partial charge in [-0.2, -0.15) is 0 Å². The van der Waals surface area contributed by atoms with Crippen LogP contribution in [0.4, 0.5) is 9.18 Å². The summed E-state index contributed by atoms with van der Waals surface area (Å²) >= 11 is 0. The molecule has 0 aromatic heterocycles. The lowest BCUT2D eigenvalue weighted by atomic mass is 9.88. The van der Waals surface area contributed by atoms with Crippen LogP contribution < -0.4 is 16.0 Å². The summed E-state index contributed by atoms with van der Waals surface area (Å²) in [5, 5.41) is 8.63. The topological polar surface area (TPSA) is 90.5 Å². The maximum atomic E-state index is 13.1. The Hall–Kier alpha value is -2.64. The predicted octanol–water partition coefficient (Wildman–Crippen LogP) is 2.67. The number of nitrogens with one attached hydrogen (secondary N) is 3. The summed E-state index contributed by atoms with van der Waals surface area (Å²) in [4.78, 5) is 39.6. The minimum absolute atomic E-state index is 0.0691. The average molecular weight is 421 g/mol. The molecule has 8 heteroatoms. The van der Waals surface area contributed by atoms with E-state index in [1.165, 1.54) is 24.3 Å². The number of urea groups is 1. The molecule has 2 rings (SSSR count). The molecule has 0 bridgehead atoms. The summed E-state index contributed by atoms with van der Waals surface area (Å²) in [6.45, 7) is 10.5. The van der Waals surface area contributed by atoms with Crippen molar-refractivity contribution >= 4 is 17.8 Å². The third-order valence-corrected chi connectivity index (χ3v) is 4.89. The molecule has 0 radical (unpaired) electrons. The fourth-order valence-electron chi connectivity index (χ4n) is 3.43. The minimum Gasteiger partial charge on any atom is -0.352 e. The van der Waals surface area contributed by atoms with E-state index >= 15 is 0 Å². The molecule has 1 fully saturated rings. The highest BCUT2D eigenvalue weighted by molar-refractivity contribution is 5.97. The van der Waals surface area contributed by atoms with E-state index in [1.54, 1.807) is 4.90 Å². The molecule has 1 aliphatic heterocycles. The molecule has 1 aromatic carbocycles. The lowest BCUT2D eigenvalue weighted by molar-refractivity contribution is -0.125. The van der Waals surface area contributed by atoms with E-state index < -0.39 is 17.8 Å². The van der Waals surface area contributed by atoms with Crippen molar-refractivity contribution in [3.63, 3.8) is 0 Å². The van der Waals surface area contributed by atoms with Crippen LogP contribution in [0, 0.1) is 11.7 Å². The molecule has 0 saturated carbocycles. The molecule has 1 aromatic rings. The Bertz CT molecular complexity index is 751. The number of hydrogen-bond donors (Lipinski definition) is 3. The average Bonchev–Trinajstić information content (AvgIpc) is 2.64. The number of carbonyl (C=O) groups is 3. The minimum atomic E-state index is -0.724. The number of piperidine rings is 1. The van der Waals surface area contributed by atoms with Gasteiger partial charge in [-0.15, -0.1) is 0 Å². The van der Waals surface area contributed by atoms with Crippen LogP contribution in [0.2, 0.25) is 0 Å². The summed E-state index contributed by atoms with van der Waals surface area (Å²) in [6.07, 6.45) is 1.19. The molecule has 1 heterocycles. The second-order valence-electron chi connectivity index (χ2n) is 9.13. The van der Waals surface area contributed by atoms with Crippen molar-refractivity contribution in [3.05, 3.63) is 35.6 Å². The second-order valence-corrected chi connectivity index (χ2v) is 9.13. The highest BCUT2D eigenvalue weighted by Gasteiger charge is 2.34. The Labute approximate surface area is 177 Å². The van der Waals surface area contributed by atoms with Crippen molar-refractivity contribution in [1.29, 1.82) is 0 Å². The molecule has 0 aliphatic carbocycles. The van der Waals surface area contributed by atoms with Gasteiger partial charge >= 0.3 is 6.03 Å². The first-order chi connectivity index (χ1) is 14.0. The SMILES string of the molecule is CC(C)NC(=O)C(NC(=O)c1ccc(F)cc1)C1CCN(C(=O)NC(C)(C)C)CC1. The molecular formula is C22H33FN4O3. The fraction of sp³-hybridized carbons (Fsp3) is 0.591. The van der Waals surface area contributed by atoms with Crippen molar-refractivity contribution in [2.45, 2.75) is 65.1 Å². The van der Waals surface area contributed by atoms with Gasteiger partial charge in [-0.1, -0.05) is 0 Å². The quantitative estimate of drug-likeness (QED) is 0.684. The van der Waals surface area contributed by atoms with Crippen LogP contribution in [0.5, 0.6) is 0 Å². The fourth-order valence-corrected chi connectivity index (χ4v) is 3.43. The number of likely N-dealkylation sites (tertiary alicyclic amines) is 1. The third kappa shape index (κ3) is 7.00. The normalized spacial score (nSPS) is 16.2. The lowest BCUT2D eigenvalue weighted by Crippen LogP contribution is -2.56. The van der Waals surface area contributed by atoms with E-state index in [0.717, 1.165) is 0 Å². The van der Waals surface area contributed by atoms with Gasteiger partial charge in [-0.25, -0.2) is 9.18 Å². The van der Waals surface area contributed by atoms with E-state index in [-0.39, 0.29) is 29.4 Å². The lowest BCUT2D eigenvalue weighted by Gasteiger charge is -2.37. The van der Waals surface area contributed by atoms with Crippen LogP contribution in [0.1, 0.15) is 57.8 Å². The molecule has 0 spiro atoms. The molecule has 3 N–H and O–H groups in total. The largest absolute Gasteiger partial charge is 0.352 e. The monoisotopic (exact) mass is 420 g/mol. The van der Waals surface area contributed by atoms with Gasteiger partial charge in [0, 0.05) is 30.2 Å². The molecule has 30 heavy (non-hydrogen) atoms. The first kappa shape index (κ1) is 23.6. The van der Waals surface area contributed by atoms with E-state index in [9.17, 15) is 18.8 Å². The Morgan fingerprint density at radius 2 is 1.60 bits per heavy atom. The molecule has 1 saturated heterocycles. The maximum absolute atomic E-state index is 13.1. The van der Waals surface area contributed by atoms with Gasteiger partial charge in [0.2, 0.25) is 5.91 Å². The van der Waals surface area contributed by atoms with Gasteiger partial charge < -0.3 is 20.9 Å². The highest BCUT2D eigenvalue weighted by atomic mass is 19.1. The van der Waals surface area contributed by atoms with Gasteiger partial charge in [-0.05, 0) is 77.6 Å². The smallest absolute Gasteiger partial charge is 0.317 e. The standard InChI is InChI=1S/C22H33FN4O3/c1-14(2)24-20(29)18(25-19(28)16-6-8-17(23)9-7-16)15-10-12-27(13-11-15)21(30)26-22(3,4)5/h6-9,14-15,18H,10-13H2,1-5H3,(H,24,29)(H,25,28)(H,26,30). The van der Waals surface area contributed by atoms with Gasteiger partial charge in [-0.3, -0.25) is 9.59 Å². The number of hydrogen-bond acceptors (Lipinski definition) is 3. The number of halogens is 1. The zero-order valence-corrected chi connectivity index (χ0v) is 18.4. The molecular weight excluding hydrogens is 387 g/mol. The van der Waals surface area contributed by atoms with Gasteiger partial charge in [0.15, 0.2) is 0 Å². The number of rotatable bonds is 5. The van der Waals surface area contributed by atoms with E-state index in [0.29, 0.717) is 31.5 Å². The van der Waals surface area contributed by atoms with Crippen LogP contribution in [0.25, 0.3) is 0 Å². The number of nitrogens with zero attached hydrogens (tertiary/aromatic N) is 1. The summed E-state index contributed by atoms with van der Waals surface area (Å²) in [7, 11) is 0. The zero-order valence-electron chi connectivity index (χ0n) is 18.4. The van der Waals surface area contributed by atoms with E-state index in [1.807, 2.05) is 34.6 Å². The maximum Gasteiger partial charge on any atom is 0.317 e.